The van der Waals surface area contributed by atoms with E-state index in [2.05, 4.69) is 46.1 Å². The molecule has 0 amide bonds. The van der Waals surface area contributed by atoms with Crippen LogP contribution in [0.2, 0.25) is 0 Å². The predicted octanol–water partition coefficient (Wildman–Crippen LogP) is 3.24. The molecular weight excluding hydrogens is 278 g/mol. The quantitative estimate of drug-likeness (QED) is 0.729. The van der Waals surface area contributed by atoms with Crippen LogP contribution in [0.4, 0.5) is 0 Å². The number of halogens is 1. The molecule has 2 heterocycles. The third kappa shape index (κ3) is 2.23. The van der Waals surface area contributed by atoms with Gasteiger partial charge in [-0.05, 0) is 56.5 Å². The second-order valence-electron chi connectivity index (χ2n) is 5.34. The van der Waals surface area contributed by atoms with Gasteiger partial charge in [0.2, 0.25) is 0 Å². The fourth-order valence-corrected chi connectivity index (χ4v) is 3.28. The summed E-state index contributed by atoms with van der Waals surface area (Å²) in [4.78, 5) is 2.39. The number of hydrogen-bond donors (Lipinski definition) is 0. The molecule has 3 heteroatoms. The van der Waals surface area contributed by atoms with Crippen LogP contribution in [0.25, 0.3) is 0 Å². The number of rotatable bonds is 0. The SMILES string of the molecule is CN1CCC2(CCc3cc(Br)ccc3O2)CC1. The Morgan fingerprint density at radius 3 is 2.76 bits per heavy atom. The monoisotopic (exact) mass is 295 g/mol. The maximum atomic E-state index is 6.32. The van der Waals surface area contributed by atoms with Crippen molar-refractivity contribution < 1.29 is 4.74 Å². The summed E-state index contributed by atoms with van der Waals surface area (Å²) >= 11 is 3.52. The molecule has 2 aliphatic heterocycles. The molecule has 1 spiro atoms. The first-order valence-corrected chi connectivity index (χ1v) is 7.12. The van der Waals surface area contributed by atoms with Gasteiger partial charge in [-0.3, -0.25) is 0 Å². The maximum absolute atomic E-state index is 6.32. The van der Waals surface area contributed by atoms with Gasteiger partial charge in [0.15, 0.2) is 0 Å². The molecule has 0 aromatic heterocycles. The number of likely N-dealkylation sites (tertiary alicyclic amines) is 1. The van der Waals surface area contributed by atoms with Crippen molar-refractivity contribution in [3.8, 4) is 5.75 Å². The van der Waals surface area contributed by atoms with E-state index in [0.717, 1.165) is 29.7 Å². The minimum Gasteiger partial charge on any atom is -0.487 e. The van der Waals surface area contributed by atoms with Gasteiger partial charge in [-0.2, -0.15) is 0 Å². The summed E-state index contributed by atoms with van der Waals surface area (Å²) in [7, 11) is 2.20. The number of fused-ring (bicyclic) bond motifs is 1. The fourth-order valence-electron chi connectivity index (χ4n) is 2.87. The van der Waals surface area contributed by atoms with E-state index < -0.39 is 0 Å². The molecule has 1 fully saturated rings. The third-order valence-corrected chi connectivity index (χ3v) is 4.59. The Balaban J connectivity index is 1.83. The van der Waals surface area contributed by atoms with Crippen LogP contribution >= 0.6 is 15.9 Å². The van der Waals surface area contributed by atoms with Crippen molar-refractivity contribution in [3.63, 3.8) is 0 Å². The standard InChI is InChI=1S/C14H18BrNO/c1-16-8-6-14(7-9-16)5-4-11-10-12(15)2-3-13(11)17-14/h2-3,10H,4-9H2,1H3. The number of aryl methyl sites for hydroxylation is 1. The lowest BCUT2D eigenvalue weighted by Crippen LogP contribution is -2.48. The van der Waals surface area contributed by atoms with Gasteiger partial charge in [0.05, 0.1) is 0 Å². The van der Waals surface area contributed by atoms with Gasteiger partial charge in [-0.1, -0.05) is 15.9 Å². The van der Waals surface area contributed by atoms with Gasteiger partial charge in [0, 0.05) is 17.6 Å². The number of nitrogens with zero attached hydrogens (tertiary/aromatic N) is 1. The molecular formula is C14H18BrNO. The van der Waals surface area contributed by atoms with Crippen molar-refractivity contribution in [3.05, 3.63) is 28.2 Å². The highest BCUT2D eigenvalue weighted by molar-refractivity contribution is 9.10. The first-order valence-electron chi connectivity index (χ1n) is 6.33. The minimum atomic E-state index is 0.118. The number of benzene rings is 1. The summed E-state index contributed by atoms with van der Waals surface area (Å²) in [5.41, 5.74) is 1.47. The van der Waals surface area contributed by atoms with E-state index in [9.17, 15) is 0 Å². The molecule has 0 unspecified atom stereocenters. The molecule has 1 aromatic rings. The van der Waals surface area contributed by atoms with Gasteiger partial charge < -0.3 is 9.64 Å². The highest BCUT2D eigenvalue weighted by Gasteiger charge is 2.38. The smallest absolute Gasteiger partial charge is 0.123 e. The van der Waals surface area contributed by atoms with Gasteiger partial charge in [0.25, 0.3) is 0 Å². The lowest BCUT2D eigenvalue weighted by atomic mass is 9.83. The second kappa shape index (κ2) is 4.29. The fraction of sp³-hybridized carbons (Fsp3) is 0.571. The molecule has 3 rings (SSSR count). The Kier molecular flexibility index (Phi) is 2.91. The molecule has 0 atom stereocenters. The maximum Gasteiger partial charge on any atom is 0.123 e. The highest BCUT2D eigenvalue weighted by Crippen LogP contribution is 2.39. The van der Waals surface area contributed by atoms with Crippen molar-refractivity contribution in [2.45, 2.75) is 31.3 Å². The van der Waals surface area contributed by atoms with Crippen LogP contribution in [0.3, 0.4) is 0 Å². The summed E-state index contributed by atoms with van der Waals surface area (Å²) < 4.78 is 7.47. The average molecular weight is 296 g/mol. The zero-order valence-electron chi connectivity index (χ0n) is 10.2. The molecule has 0 radical (unpaired) electrons. The van der Waals surface area contributed by atoms with Crippen LogP contribution in [0.1, 0.15) is 24.8 Å². The Bertz CT molecular complexity index is 424. The van der Waals surface area contributed by atoms with E-state index in [4.69, 9.17) is 4.74 Å². The molecule has 17 heavy (non-hydrogen) atoms. The normalized spacial score (nSPS) is 23.2. The van der Waals surface area contributed by atoms with Gasteiger partial charge >= 0.3 is 0 Å². The first-order chi connectivity index (χ1) is 8.17. The Hall–Kier alpha value is -0.540. The molecule has 0 saturated carbocycles. The molecule has 1 aromatic carbocycles. The van der Waals surface area contributed by atoms with E-state index >= 15 is 0 Å². The Labute approximate surface area is 111 Å². The van der Waals surface area contributed by atoms with Gasteiger partial charge in [-0.15, -0.1) is 0 Å². The van der Waals surface area contributed by atoms with Crippen molar-refractivity contribution in [2.24, 2.45) is 0 Å². The lowest BCUT2D eigenvalue weighted by molar-refractivity contribution is -0.00877. The lowest BCUT2D eigenvalue weighted by Gasteiger charge is -2.43. The topological polar surface area (TPSA) is 12.5 Å². The van der Waals surface area contributed by atoms with Crippen molar-refractivity contribution >= 4 is 15.9 Å². The largest absolute Gasteiger partial charge is 0.487 e. The molecule has 92 valence electrons. The molecule has 1 saturated heterocycles. The average Bonchev–Trinajstić information content (AvgIpc) is 2.34. The molecule has 0 aliphatic carbocycles. The highest BCUT2D eigenvalue weighted by atomic mass is 79.9. The zero-order valence-corrected chi connectivity index (χ0v) is 11.8. The van der Waals surface area contributed by atoms with E-state index in [-0.39, 0.29) is 5.60 Å². The molecule has 0 bridgehead atoms. The van der Waals surface area contributed by atoms with Crippen LogP contribution in [0, 0.1) is 0 Å². The Morgan fingerprint density at radius 1 is 1.24 bits per heavy atom. The van der Waals surface area contributed by atoms with Crippen LogP contribution in [0.5, 0.6) is 5.75 Å². The summed E-state index contributed by atoms with van der Waals surface area (Å²) in [6.45, 7) is 2.32. The van der Waals surface area contributed by atoms with Crippen LogP contribution in [0.15, 0.2) is 22.7 Å². The van der Waals surface area contributed by atoms with Gasteiger partial charge in [-0.25, -0.2) is 0 Å². The van der Waals surface area contributed by atoms with E-state index in [1.807, 2.05) is 0 Å². The summed E-state index contributed by atoms with van der Waals surface area (Å²) in [5.74, 6) is 1.10. The van der Waals surface area contributed by atoms with Crippen LogP contribution in [-0.2, 0) is 6.42 Å². The summed E-state index contributed by atoms with van der Waals surface area (Å²) in [6, 6.07) is 6.38. The first kappa shape index (κ1) is 11.5. The van der Waals surface area contributed by atoms with Crippen LogP contribution < -0.4 is 4.74 Å². The van der Waals surface area contributed by atoms with Gasteiger partial charge in [0.1, 0.15) is 11.4 Å². The molecule has 0 N–H and O–H groups in total. The number of ether oxygens (including phenoxy) is 1. The van der Waals surface area contributed by atoms with Crippen LogP contribution in [-0.4, -0.2) is 30.6 Å². The summed E-state index contributed by atoms with van der Waals surface area (Å²) in [5, 5.41) is 0. The second-order valence-corrected chi connectivity index (χ2v) is 6.26. The number of piperidine rings is 1. The van der Waals surface area contributed by atoms with E-state index in [0.29, 0.717) is 0 Å². The van der Waals surface area contributed by atoms with Crippen molar-refractivity contribution in [1.82, 2.24) is 4.90 Å². The van der Waals surface area contributed by atoms with E-state index in [1.54, 1.807) is 0 Å². The zero-order chi connectivity index (χ0) is 11.9. The minimum absolute atomic E-state index is 0.118. The van der Waals surface area contributed by atoms with Crippen molar-refractivity contribution in [1.29, 1.82) is 0 Å². The Morgan fingerprint density at radius 2 is 2.00 bits per heavy atom. The molecule has 2 nitrogen and oxygen atoms in total. The number of hydrogen-bond acceptors (Lipinski definition) is 2. The van der Waals surface area contributed by atoms with E-state index in [1.165, 1.54) is 24.8 Å². The van der Waals surface area contributed by atoms with Crippen molar-refractivity contribution in [2.75, 3.05) is 20.1 Å². The predicted molar refractivity (Wildman–Crippen MR) is 72.6 cm³/mol. The molecule has 2 aliphatic rings. The summed E-state index contributed by atoms with van der Waals surface area (Å²) in [6.07, 6.45) is 4.65. The third-order valence-electron chi connectivity index (χ3n) is 4.10.